The first-order valence-electron chi connectivity index (χ1n) is 6.24. The second-order valence-electron chi connectivity index (χ2n) is 4.46. The summed E-state index contributed by atoms with van der Waals surface area (Å²) in [6.45, 7) is -0.726. The molecule has 22 heavy (non-hydrogen) atoms. The maximum Gasteiger partial charge on any atom is 0.332 e. The molecule has 1 N–H and O–H groups in total. The van der Waals surface area contributed by atoms with Gasteiger partial charge >= 0.3 is 5.97 Å². The van der Waals surface area contributed by atoms with Crippen molar-refractivity contribution in [3.05, 3.63) is 24.3 Å². The number of nitrogens with one attached hydrogen (secondary N) is 1. The number of nitrogens with zero attached hydrogens (tertiary/aromatic N) is 1. The molecule has 0 saturated heterocycles. The minimum atomic E-state index is -3.59. The number of rotatable bonds is 7. The van der Waals surface area contributed by atoms with E-state index >= 15 is 0 Å². The van der Waals surface area contributed by atoms with Crippen molar-refractivity contribution in [3.8, 4) is 0 Å². The Morgan fingerprint density at radius 2 is 1.91 bits per heavy atom. The zero-order chi connectivity index (χ0) is 16.8. The number of hydrogen-bond donors (Lipinski definition) is 1. The van der Waals surface area contributed by atoms with Crippen LogP contribution < -0.4 is 5.32 Å². The molecule has 1 amide bonds. The molecule has 8 nitrogen and oxygen atoms in total. The molecule has 0 unspecified atom stereocenters. The number of carbonyl (C=O) groups is 2. The van der Waals surface area contributed by atoms with Crippen molar-refractivity contribution in [2.75, 3.05) is 39.7 Å². The van der Waals surface area contributed by atoms with E-state index in [2.05, 4.69) is 14.8 Å². The first kappa shape index (κ1) is 18.1. The summed E-state index contributed by atoms with van der Waals surface area (Å²) in [4.78, 5) is 22.7. The topological polar surface area (TPSA) is 102 Å². The van der Waals surface area contributed by atoms with E-state index in [0.29, 0.717) is 0 Å². The first-order valence-corrected chi connectivity index (χ1v) is 7.68. The number of esters is 1. The Bertz CT molecular complexity index is 642. The van der Waals surface area contributed by atoms with Crippen LogP contribution in [0.2, 0.25) is 0 Å². The van der Waals surface area contributed by atoms with E-state index in [9.17, 15) is 18.0 Å². The summed E-state index contributed by atoms with van der Waals surface area (Å²) in [6, 6.07) is 5.78. The largest absolute Gasteiger partial charge is 0.454 e. The van der Waals surface area contributed by atoms with Gasteiger partial charge in [-0.25, -0.2) is 17.5 Å². The molecule has 0 fully saturated rings. The number of anilines is 1. The molecule has 0 aliphatic carbocycles. The first-order chi connectivity index (χ1) is 10.3. The van der Waals surface area contributed by atoms with Crippen LogP contribution >= 0.6 is 0 Å². The molecule has 1 aromatic rings. The summed E-state index contributed by atoms with van der Waals surface area (Å²) in [5, 5.41) is 2.45. The van der Waals surface area contributed by atoms with Gasteiger partial charge in [0.25, 0.3) is 5.91 Å². The van der Waals surface area contributed by atoms with Crippen LogP contribution in [0, 0.1) is 0 Å². The van der Waals surface area contributed by atoms with Gasteiger partial charge in [-0.3, -0.25) is 4.79 Å². The van der Waals surface area contributed by atoms with Crippen molar-refractivity contribution in [2.45, 2.75) is 4.90 Å². The van der Waals surface area contributed by atoms with Crippen molar-refractivity contribution in [3.63, 3.8) is 0 Å². The Labute approximate surface area is 129 Å². The highest BCUT2D eigenvalue weighted by molar-refractivity contribution is 7.89. The average Bonchev–Trinajstić information content (AvgIpc) is 2.45. The van der Waals surface area contributed by atoms with Crippen LogP contribution in [0.3, 0.4) is 0 Å². The Morgan fingerprint density at radius 3 is 2.50 bits per heavy atom. The lowest BCUT2D eigenvalue weighted by atomic mass is 10.3. The molecular weight excluding hydrogens is 312 g/mol. The molecule has 9 heteroatoms. The number of sulfonamides is 1. The number of carbonyl (C=O) groups excluding carboxylic acids is 2. The number of amides is 1. The van der Waals surface area contributed by atoms with Crippen LogP contribution in [0.15, 0.2) is 29.2 Å². The van der Waals surface area contributed by atoms with E-state index in [0.717, 1.165) is 4.31 Å². The molecular formula is C13H18N2O6S. The lowest BCUT2D eigenvalue weighted by Gasteiger charge is -2.12. The highest BCUT2D eigenvalue weighted by atomic mass is 32.2. The summed E-state index contributed by atoms with van der Waals surface area (Å²) in [7, 11) is 0.568. The molecule has 122 valence electrons. The van der Waals surface area contributed by atoms with E-state index in [1.54, 1.807) is 0 Å². The van der Waals surface area contributed by atoms with Gasteiger partial charge in [-0.2, -0.15) is 0 Å². The van der Waals surface area contributed by atoms with Gasteiger partial charge in [0, 0.05) is 26.9 Å². The predicted octanol–water partition coefficient (Wildman–Crippen LogP) is 0.0650. The summed E-state index contributed by atoms with van der Waals surface area (Å²) in [5.41, 5.74) is 0.288. The zero-order valence-corrected chi connectivity index (χ0v) is 13.3. The van der Waals surface area contributed by atoms with Crippen LogP contribution in [0.25, 0.3) is 0 Å². The maximum atomic E-state index is 12.0. The molecule has 1 rings (SSSR count). The molecule has 0 aromatic heterocycles. The zero-order valence-electron chi connectivity index (χ0n) is 12.5. The van der Waals surface area contributed by atoms with Crippen molar-refractivity contribution in [1.29, 1.82) is 0 Å². The summed E-state index contributed by atoms with van der Waals surface area (Å²) in [5.74, 6) is -1.24. The van der Waals surface area contributed by atoms with E-state index in [1.807, 2.05) is 0 Å². The monoisotopic (exact) mass is 330 g/mol. The van der Waals surface area contributed by atoms with Crippen molar-refractivity contribution < 1.29 is 27.5 Å². The Hall–Kier alpha value is -1.97. The molecule has 0 spiro atoms. The van der Waals surface area contributed by atoms with Gasteiger partial charge in [0.2, 0.25) is 10.0 Å². The quantitative estimate of drug-likeness (QED) is 0.710. The Kier molecular flexibility index (Phi) is 6.47. The minimum absolute atomic E-state index is 0.0478. The van der Waals surface area contributed by atoms with Crippen LogP contribution in [-0.2, 0) is 29.1 Å². The van der Waals surface area contributed by atoms with Crippen LogP contribution in [-0.4, -0.2) is 59.0 Å². The van der Waals surface area contributed by atoms with Gasteiger partial charge in [0.1, 0.15) is 6.61 Å². The number of ether oxygens (including phenoxy) is 2. The fraction of sp³-hybridized carbons (Fsp3) is 0.385. The summed E-state index contributed by atoms with van der Waals surface area (Å²) < 4.78 is 34.2. The summed E-state index contributed by atoms with van der Waals surface area (Å²) in [6.07, 6.45) is 0. The Morgan fingerprint density at radius 1 is 1.23 bits per heavy atom. The smallest absolute Gasteiger partial charge is 0.332 e. The third kappa shape index (κ3) is 5.10. The molecule has 0 atom stereocenters. The van der Waals surface area contributed by atoms with E-state index < -0.39 is 28.5 Å². The van der Waals surface area contributed by atoms with E-state index in [-0.39, 0.29) is 17.2 Å². The molecule has 0 saturated carbocycles. The highest BCUT2D eigenvalue weighted by Gasteiger charge is 2.17. The second kappa shape index (κ2) is 7.87. The predicted molar refractivity (Wildman–Crippen MR) is 78.8 cm³/mol. The van der Waals surface area contributed by atoms with Gasteiger partial charge in [-0.05, 0) is 18.2 Å². The fourth-order valence-corrected chi connectivity index (χ4v) is 2.40. The third-order valence-electron chi connectivity index (χ3n) is 2.52. The molecule has 0 heterocycles. The number of benzene rings is 1. The normalized spacial score (nSPS) is 11.3. The molecule has 1 aromatic carbocycles. The van der Waals surface area contributed by atoms with Crippen LogP contribution in [0.1, 0.15) is 0 Å². The molecule has 0 bridgehead atoms. The standard InChI is InChI=1S/C13H18N2O6S/c1-15(2)22(18,19)11-6-4-5-10(7-11)14-12(16)8-21-13(17)9-20-3/h4-7H,8-9H2,1-3H3,(H,14,16). The van der Waals surface area contributed by atoms with E-state index in [1.165, 1.54) is 45.5 Å². The van der Waals surface area contributed by atoms with E-state index in [4.69, 9.17) is 0 Å². The number of methoxy groups -OCH3 is 1. The van der Waals surface area contributed by atoms with Crippen molar-refractivity contribution in [2.24, 2.45) is 0 Å². The molecule has 0 aliphatic heterocycles. The average molecular weight is 330 g/mol. The number of hydrogen-bond acceptors (Lipinski definition) is 6. The Balaban J connectivity index is 2.71. The fourth-order valence-electron chi connectivity index (χ4n) is 1.45. The van der Waals surface area contributed by atoms with Gasteiger partial charge in [-0.1, -0.05) is 6.07 Å². The SMILES string of the molecule is COCC(=O)OCC(=O)Nc1cccc(S(=O)(=O)N(C)C)c1. The maximum absolute atomic E-state index is 12.0. The highest BCUT2D eigenvalue weighted by Crippen LogP contribution is 2.17. The third-order valence-corrected chi connectivity index (χ3v) is 4.33. The van der Waals surface area contributed by atoms with Gasteiger partial charge in [-0.15, -0.1) is 0 Å². The molecule has 0 radical (unpaired) electrons. The molecule has 0 aliphatic rings. The minimum Gasteiger partial charge on any atom is -0.454 e. The van der Waals surface area contributed by atoms with Crippen LogP contribution in [0.5, 0.6) is 0 Å². The van der Waals surface area contributed by atoms with Crippen molar-refractivity contribution >= 4 is 27.6 Å². The van der Waals surface area contributed by atoms with Crippen LogP contribution in [0.4, 0.5) is 5.69 Å². The lowest BCUT2D eigenvalue weighted by Crippen LogP contribution is -2.24. The second-order valence-corrected chi connectivity index (χ2v) is 6.61. The van der Waals surface area contributed by atoms with Gasteiger partial charge in [0.05, 0.1) is 4.90 Å². The summed E-state index contributed by atoms with van der Waals surface area (Å²) >= 11 is 0. The lowest BCUT2D eigenvalue weighted by molar-refractivity contribution is -0.150. The van der Waals surface area contributed by atoms with Gasteiger partial charge in [0.15, 0.2) is 6.61 Å². The van der Waals surface area contributed by atoms with Crippen molar-refractivity contribution in [1.82, 2.24) is 4.31 Å². The van der Waals surface area contributed by atoms with Gasteiger partial charge < -0.3 is 14.8 Å².